The van der Waals surface area contributed by atoms with Gasteiger partial charge < -0.3 is 15.2 Å². The monoisotopic (exact) mass is 402 g/mol. The summed E-state index contributed by atoms with van der Waals surface area (Å²) in [5, 5.41) is 0. The average Bonchev–Trinajstić information content (AvgIpc) is 3.07. The number of piperidine rings is 1. The molecule has 1 saturated heterocycles. The zero-order valence-electron chi connectivity index (χ0n) is 17.6. The number of hydrogen-bond donors (Lipinski definition) is 1. The number of carbonyl (C=O) groups excluding carboxylic acids is 1. The van der Waals surface area contributed by atoms with E-state index in [1.54, 1.807) is 14.0 Å². The Hall–Kier alpha value is -2.68. The van der Waals surface area contributed by atoms with E-state index in [1.165, 1.54) is 4.57 Å². The summed E-state index contributed by atoms with van der Waals surface area (Å²) in [4.78, 5) is 44.7. The third-order valence-electron chi connectivity index (χ3n) is 5.36. The molecule has 0 spiro atoms. The van der Waals surface area contributed by atoms with Gasteiger partial charge in [-0.05, 0) is 26.7 Å². The summed E-state index contributed by atoms with van der Waals surface area (Å²) in [6.07, 6.45) is 4.18. The number of fused-ring (bicyclic) bond motifs is 1. The van der Waals surface area contributed by atoms with Crippen LogP contribution in [-0.4, -0.2) is 43.6 Å². The normalized spacial score (nSPS) is 17.0. The molecule has 0 amide bonds. The van der Waals surface area contributed by atoms with Crippen molar-refractivity contribution < 1.29 is 4.79 Å². The number of allylic oxidation sites excluding steroid dienone is 2. The van der Waals surface area contributed by atoms with Crippen molar-refractivity contribution in [3.63, 3.8) is 0 Å². The van der Waals surface area contributed by atoms with E-state index in [9.17, 15) is 14.4 Å². The van der Waals surface area contributed by atoms with Gasteiger partial charge in [-0.3, -0.25) is 18.7 Å². The summed E-state index contributed by atoms with van der Waals surface area (Å²) in [6.45, 7) is 7.36. The number of rotatable bonds is 6. The van der Waals surface area contributed by atoms with Gasteiger partial charge in [0.05, 0.1) is 6.54 Å². The standard InChI is InChI=1S/C20H30N6O3/c1-5-15(27)12-26-18(28)16-17(23(4)20(26)29)22-19(25(16)10-8-13(2)3)24-9-6-7-14(21)11-24/h8,14H,5-7,9-12,21H2,1-4H3. The van der Waals surface area contributed by atoms with E-state index in [4.69, 9.17) is 5.73 Å². The quantitative estimate of drug-likeness (QED) is 0.715. The first kappa shape index (κ1) is 21.0. The van der Waals surface area contributed by atoms with Crippen molar-refractivity contribution in [2.45, 2.75) is 59.2 Å². The number of nitrogens with two attached hydrogens (primary N) is 1. The van der Waals surface area contributed by atoms with Crippen LogP contribution in [0.25, 0.3) is 11.2 Å². The maximum atomic E-state index is 13.3. The van der Waals surface area contributed by atoms with Crippen LogP contribution in [0.2, 0.25) is 0 Å². The van der Waals surface area contributed by atoms with Crippen LogP contribution in [-0.2, 0) is 24.9 Å². The molecule has 1 aliphatic rings. The Morgan fingerprint density at radius 3 is 2.62 bits per heavy atom. The Bertz CT molecular complexity index is 1070. The van der Waals surface area contributed by atoms with Gasteiger partial charge in [-0.25, -0.2) is 4.79 Å². The topological polar surface area (TPSA) is 108 Å². The smallest absolute Gasteiger partial charge is 0.332 e. The number of aromatic nitrogens is 4. The first-order valence-electron chi connectivity index (χ1n) is 10.1. The number of Topliss-reactive ketones (excluding diaryl/α,β-unsaturated/α-hetero) is 1. The number of nitrogens with zero attached hydrogens (tertiary/aromatic N) is 5. The predicted octanol–water partition coefficient (Wildman–Crippen LogP) is 0.770. The number of anilines is 1. The van der Waals surface area contributed by atoms with Crippen LogP contribution in [0.4, 0.5) is 5.95 Å². The maximum absolute atomic E-state index is 13.3. The van der Waals surface area contributed by atoms with Gasteiger partial charge in [-0.15, -0.1) is 0 Å². The van der Waals surface area contributed by atoms with Gasteiger partial charge >= 0.3 is 5.69 Å². The molecule has 0 aromatic carbocycles. The summed E-state index contributed by atoms with van der Waals surface area (Å²) >= 11 is 0. The van der Waals surface area contributed by atoms with E-state index in [-0.39, 0.29) is 24.8 Å². The number of aryl methyl sites for hydroxylation is 1. The molecule has 29 heavy (non-hydrogen) atoms. The van der Waals surface area contributed by atoms with Crippen LogP contribution in [0.1, 0.15) is 40.0 Å². The first-order chi connectivity index (χ1) is 13.7. The molecule has 0 bridgehead atoms. The van der Waals surface area contributed by atoms with Crippen LogP contribution in [0.5, 0.6) is 0 Å². The second-order valence-corrected chi connectivity index (χ2v) is 7.95. The molecule has 3 rings (SSSR count). The van der Waals surface area contributed by atoms with E-state index >= 15 is 0 Å². The maximum Gasteiger partial charge on any atom is 0.332 e. The number of carbonyl (C=O) groups is 1. The van der Waals surface area contributed by atoms with Crippen molar-refractivity contribution in [1.29, 1.82) is 0 Å². The van der Waals surface area contributed by atoms with E-state index < -0.39 is 11.2 Å². The van der Waals surface area contributed by atoms with Crippen LogP contribution in [0, 0.1) is 0 Å². The summed E-state index contributed by atoms with van der Waals surface area (Å²) in [7, 11) is 1.58. The third kappa shape index (κ3) is 4.05. The van der Waals surface area contributed by atoms with E-state index in [0.717, 1.165) is 29.5 Å². The number of imidazole rings is 1. The minimum Gasteiger partial charge on any atom is -0.341 e. The van der Waals surface area contributed by atoms with Crippen molar-refractivity contribution in [3.8, 4) is 0 Å². The molecular weight excluding hydrogens is 372 g/mol. The van der Waals surface area contributed by atoms with Gasteiger partial charge in [0.2, 0.25) is 5.95 Å². The van der Waals surface area contributed by atoms with Gasteiger partial charge in [0.25, 0.3) is 5.56 Å². The molecule has 3 heterocycles. The largest absolute Gasteiger partial charge is 0.341 e. The molecule has 9 nitrogen and oxygen atoms in total. The fraction of sp³-hybridized carbons (Fsp3) is 0.600. The molecule has 1 unspecified atom stereocenters. The SMILES string of the molecule is CCC(=O)Cn1c(=O)c2c(nc(N3CCCC(N)C3)n2CC=C(C)C)n(C)c1=O. The lowest BCUT2D eigenvalue weighted by Crippen LogP contribution is -2.44. The van der Waals surface area contributed by atoms with Crippen molar-refractivity contribution >= 4 is 22.9 Å². The highest BCUT2D eigenvalue weighted by Crippen LogP contribution is 2.23. The highest BCUT2D eigenvalue weighted by atomic mass is 16.2. The Labute approximate surface area is 169 Å². The van der Waals surface area contributed by atoms with E-state index in [1.807, 2.05) is 24.5 Å². The second-order valence-electron chi connectivity index (χ2n) is 7.95. The van der Waals surface area contributed by atoms with Gasteiger partial charge in [0.15, 0.2) is 16.9 Å². The molecule has 9 heteroatoms. The molecule has 1 aliphatic heterocycles. The van der Waals surface area contributed by atoms with Crippen molar-refractivity contribution in [3.05, 3.63) is 32.5 Å². The third-order valence-corrected chi connectivity index (χ3v) is 5.36. The summed E-state index contributed by atoms with van der Waals surface area (Å²) in [6, 6.07) is 0.0446. The second kappa shape index (κ2) is 8.36. The average molecular weight is 402 g/mol. The summed E-state index contributed by atoms with van der Waals surface area (Å²) in [5.74, 6) is 0.473. The van der Waals surface area contributed by atoms with Crippen molar-refractivity contribution in [2.24, 2.45) is 12.8 Å². The van der Waals surface area contributed by atoms with Crippen molar-refractivity contribution in [1.82, 2.24) is 18.7 Å². The molecule has 0 saturated carbocycles. The lowest BCUT2D eigenvalue weighted by atomic mass is 10.1. The number of hydrogen-bond acceptors (Lipinski definition) is 6. The van der Waals surface area contributed by atoms with Gasteiger partial charge in [-0.1, -0.05) is 18.6 Å². The first-order valence-corrected chi connectivity index (χ1v) is 10.1. The van der Waals surface area contributed by atoms with Gasteiger partial charge in [0, 0.05) is 39.1 Å². The Kier molecular flexibility index (Phi) is 6.07. The van der Waals surface area contributed by atoms with Gasteiger partial charge in [0.1, 0.15) is 0 Å². The Morgan fingerprint density at radius 2 is 2.00 bits per heavy atom. The zero-order chi connectivity index (χ0) is 21.3. The minimum absolute atomic E-state index is 0.0446. The lowest BCUT2D eigenvalue weighted by Gasteiger charge is -2.31. The van der Waals surface area contributed by atoms with Gasteiger partial charge in [-0.2, -0.15) is 4.98 Å². The fourth-order valence-corrected chi connectivity index (χ4v) is 3.67. The molecule has 0 radical (unpaired) electrons. The van der Waals surface area contributed by atoms with Crippen LogP contribution in [0.15, 0.2) is 21.2 Å². The highest BCUT2D eigenvalue weighted by Gasteiger charge is 2.26. The Balaban J connectivity index is 2.28. The predicted molar refractivity (Wildman–Crippen MR) is 113 cm³/mol. The molecule has 2 aromatic rings. The van der Waals surface area contributed by atoms with E-state index in [0.29, 0.717) is 30.2 Å². The lowest BCUT2D eigenvalue weighted by molar-refractivity contribution is -0.119. The van der Waals surface area contributed by atoms with E-state index in [2.05, 4.69) is 9.88 Å². The molecule has 2 N–H and O–H groups in total. The van der Waals surface area contributed by atoms with Crippen LogP contribution < -0.4 is 21.9 Å². The minimum atomic E-state index is -0.530. The molecule has 1 atom stereocenters. The Morgan fingerprint density at radius 1 is 1.28 bits per heavy atom. The summed E-state index contributed by atoms with van der Waals surface area (Å²) < 4.78 is 4.21. The fourth-order valence-electron chi connectivity index (χ4n) is 3.67. The van der Waals surface area contributed by atoms with Crippen molar-refractivity contribution in [2.75, 3.05) is 18.0 Å². The molecule has 1 fully saturated rings. The molecular formula is C20H30N6O3. The number of ketones is 1. The molecule has 2 aromatic heterocycles. The molecule has 0 aliphatic carbocycles. The van der Waals surface area contributed by atoms with Crippen LogP contribution >= 0.6 is 0 Å². The molecule has 158 valence electrons. The zero-order valence-corrected chi connectivity index (χ0v) is 17.6. The highest BCUT2D eigenvalue weighted by molar-refractivity contribution is 5.79. The van der Waals surface area contributed by atoms with Crippen LogP contribution in [0.3, 0.4) is 0 Å². The summed E-state index contributed by atoms with van der Waals surface area (Å²) in [5.41, 5.74) is 6.93.